The molecule has 2 N–H and O–H groups in total. The van der Waals surface area contributed by atoms with Crippen molar-refractivity contribution in [2.75, 3.05) is 0 Å². The van der Waals surface area contributed by atoms with Crippen molar-refractivity contribution in [3.8, 4) is 0 Å². The maximum Gasteiger partial charge on any atom is 0.422 e. The van der Waals surface area contributed by atoms with Crippen LogP contribution >= 0.6 is 0 Å². The smallest absolute Gasteiger partial charge is 0.422 e. The fraction of sp³-hybridized carbons (Fsp3) is 0.545. The van der Waals surface area contributed by atoms with E-state index in [9.17, 15) is 4.79 Å². The number of hydrogen-bond acceptors (Lipinski definition) is 3. The van der Waals surface area contributed by atoms with Gasteiger partial charge in [-0.3, -0.25) is 5.43 Å². The van der Waals surface area contributed by atoms with Crippen LogP contribution in [0, 0.1) is 0 Å². The van der Waals surface area contributed by atoms with Crippen LogP contribution < -0.4 is 10.9 Å². The highest BCUT2D eigenvalue weighted by atomic mass is 16.6. The van der Waals surface area contributed by atoms with Crippen LogP contribution in [0.1, 0.15) is 26.5 Å². The molecule has 0 spiro atoms. The maximum atomic E-state index is 11.3. The summed E-state index contributed by atoms with van der Waals surface area (Å²) in [6.07, 6.45) is 1.48. The third-order valence-electron chi connectivity index (χ3n) is 1.91. The van der Waals surface area contributed by atoms with Gasteiger partial charge in [-0.25, -0.2) is 10.2 Å². The van der Waals surface area contributed by atoms with E-state index in [4.69, 9.17) is 4.74 Å². The van der Waals surface area contributed by atoms with E-state index >= 15 is 0 Å². The van der Waals surface area contributed by atoms with Gasteiger partial charge < -0.3 is 9.30 Å². The molecule has 1 rings (SSSR count). The predicted molar refractivity (Wildman–Crippen MR) is 61.6 cm³/mol. The Morgan fingerprint density at radius 2 is 2.19 bits per heavy atom. The molecule has 0 aliphatic rings. The van der Waals surface area contributed by atoms with Gasteiger partial charge in [0.1, 0.15) is 5.60 Å². The van der Waals surface area contributed by atoms with Crippen LogP contribution in [0.5, 0.6) is 0 Å². The molecule has 90 valence electrons. The predicted octanol–water partition coefficient (Wildman–Crippen LogP) is 1.55. The van der Waals surface area contributed by atoms with Gasteiger partial charge in [0.15, 0.2) is 0 Å². The van der Waals surface area contributed by atoms with Crippen molar-refractivity contribution in [3.05, 3.63) is 24.0 Å². The Kier molecular flexibility index (Phi) is 3.95. The van der Waals surface area contributed by atoms with Crippen molar-refractivity contribution in [2.24, 2.45) is 7.05 Å². The van der Waals surface area contributed by atoms with Crippen molar-refractivity contribution < 1.29 is 9.53 Å². The first-order valence-electron chi connectivity index (χ1n) is 5.20. The summed E-state index contributed by atoms with van der Waals surface area (Å²) in [5.74, 6) is 0. The zero-order valence-corrected chi connectivity index (χ0v) is 10.2. The van der Waals surface area contributed by atoms with Crippen LogP contribution in [0.3, 0.4) is 0 Å². The standard InChI is InChI=1S/C11H19N3O2/c1-11(2,3)16-10(15)13-12-8-9-6-5-7-14(9)4/h5-7,12H,8H2,1-4H3,(H,13,15). The summed E-state index contributed by atoms with van der Waals surface area (Å²) in [6, 6.07) is 3.92. The van der Waals surface area contributed by atoms with Crippen LogP contribution in [-0.2, 0) is 18.3 Å². The Hall–Kier alpha value is -1.49. The fourth-order valence-electron chi connectivity index (χ4n) is 1.19. The van der Waals surface area contributed by atoms with Gasteiger partial charge >= 0.3 is 6.09 Å². The molecule has 0 saturated heterocycles. The molecular formula is C11H19N3O2. The number of hydrogen-bond donors (Lipinski definition) is 2. The van der Waals surface area contributed by atoms with E-state index in [0.29, 0.717) is 6.54 Å². The first-order chi connectivity index (χ1) is 7.38. The van der Waals surface area contributed by atoms with E-state index in [-0.39, 0.29) is 0 Å². The number of aromatic nitrogens is 1. The summed E-state index contributed by atoms with van der Waals surface area (Å²) < 4.78 is 7.04. The average Bonchev–Trinajstić information content (AvgIpc) is 2.48. The molecule has 5 nitrogen and oxygen atoms in total. The number of carbonyl (C=O) groups is 1. The molecule has 16 heavy (non-hydrogen) atoms. The van der Waals surface area contributed by atoms with Gasteiger partial charge in [0.05, 0.1) is 6.54 Å². The van der Waals surface area contributed by atoms with Gasteiger partial charge in [-0.15, -0.1) is 0 Å². The summed E-state index contributed by atoms with van der Waals surface area (Å²) >= 11 is 0. The number of rotatable bonds is 3. The quantitative estimate of drug-likeness (QED) is 0.767. The van der Waals surface area contributed by atoms with Crippen molar-refractivity contribution >= 4 is 6.09 Å². The Morgan fingerprint density at radius 3 is 2.69 bits per heavy atom. The molecule has 0 aliphatic heterocycles. The summed E-state index contributed by atoms with van der Waals surface area (Å²) in [5, 5.41) is 0. The van der Waals surface area contributed by atoms with E-state index in [0.717, 1.165) is 5.69 Å². The molecule has 0 aliphatic carbocycles. The van der Waals surface area contributed by atoms with E-state index in [1.165, 1.54) is 0 Å². The minimum atomic E-state index is -0.475. The SMILES string of the molecule is Cn1cccc1CNNC(=O)OC(C)(C)C. The zero-order valence-electron chi connectivity index (χ0n) is 10.2. The summed E-state index contributed by atoms with van der Waals surface area (Å²) in [6.45, 7) is 6.03. The molecule has 0 bridgehead atoms. The second kappa shape index (κ2) is 5.03. The number of ether oxygens (including phenoxy) is 1. The van der Waals surface area contributed by atoms with E-state index in [2.05, 4.69) is 10.9 Å². The largest absolute Gasteiger partial charge is 0.443 e. The molecule has 0 radical (unpaired) electrons. The molecule has 0 atom stereocenters. The molecule has 0 unspecified atom stereocenters. The minimum absolute atomic E-state index is 0.471. The lowest BCUT2D eigenvalue weighted by Crippen LogP contribution is -2.41. The summed E-state index contributed by atoms with van der Waals surface area (Å²) in [4.78, 5) is 11.3. The van der Waals surface area contributed by atoms with Crippen molar-refractivity contribution in [1.29, 1.82) is 0 Å². The second-order valence-corrected chi connectivity index (χ2v) is 4.59. The zero-order chi connectivity index (χ0) is 12.2. The number of aryl methyl sites for hydroxylation is 1. The Labute approximate surface area is 95.8 Å². The summed E-state index contributed by atoms with van der Waals surface area (Å²) in [5.41, 5.74) is 5.89. The molecule has 1 heterocycles. The summed E-state index contributed by atoms with van der Waals surface area (Å²) in [7, 11) is 1.95. The van der Waals surface area contributed by atoms with Gasteiger partial charge in [0, 0.05) is 18.9 Å². The first-order valence-corrected chi connectivity index (χ1v) is 5.20. The molecular weight excluding hydrogens is 206 g/mol. The van der Waals surface area contributed by atoms with Crippen molar-refractivity contribution in [2.45, 2.75) is 32.9 Å². The van der Waals surface area contributed by atoms with E-state index in [1.54, 1.807) is 0 Å². The van der Waals surface area contributed by atoms with Gasteiger partial charge in [-0.1, -0.05) is 0 Å². The fourth-order valence-corrected chi connectivity index (χ4v) is 1.19. The van der Waals surface area contributed by atoms with Crippen LogP contribution in [-0.4, -0.2) is 16.3 Å². The highest BCUT2D eigenvalue weighted by Crippen LogP contribution is 2.06. The Bertz CT molecular complexity index is 352. The highest BCUT2D eigenvalue weighted by molar-refractivity contribution is 5.66. The molecule has 1 aromatic rings. The van der Waals surface area contributed by atoms with E-state index < -0.39 is 11.7 Å². The third-order valence-corrected chi connectivity index (χ3v) is 1.91. The molecule has 1 aromatic heterocycles. The maximum absolute atomic E-state index is 11.3. The lowest BCUT2D eigenvalue weighted by Gasteiger charge is -2.19. The monoisotopic (exact) mass is 225 g/mol. The molecule has 1 amide bonds. The lowest BCUT2D eigenvalue weighted by atomic mass is 10.2. The highest BCUT2D eigenvalue weighted by Gasteiger charge is 2.15. The van der Waals surface area contributed by atoms with Crippen LogP contribution in [0.15, 0.2) is 18.3 Å². The van der Waals surface area contributed by atoms with Crippen molar-refractivity contribution in [3.63, 3.8) is 0 Å². The number of carbonyl (C=O) groups excluding carboxylic acids is 1. The second-order valence-electron chi connectivity index (χ2n) is 4.59. The molecule has 0 fully saturated rings. The molecule has 0 aromatic carbocycles. The number of nitrogens with one attached hydrogen (secondary N) is 2. The van der Waals surface area contributed by atoms with Crippen LogP contribution in [0.25, 0.3) is 0 Å². The third kappa shape index (κ3) is 4.35. The topological polar surface area (TPSA) is 55.3 Å². The number of hydrazine groups is 1. The van der Waals surface area contributed by atoms with Gasteiger partial charge in [-0.2, -0.15) is 0 Å². The Balaban J connectivity index is 2.26. The number of amides is 1. The van der Waals surface area contributed by atoms with E-state index in [1.807, 2.05) is 50.7 Å². The average molecular weight is 225 g/mol. The molecule has 0 saturated carbocycles. The van der Waals surface area contributed by atoms with Crippen molar-refractivity contribution in [1.82, 2.24) is 15.4 Å². The van der Waals surface area contributed by atoms with Gasteiger partial charge in [0.2, 0.25) is 0 Å². The number of nitrogens with zero attached hydrogens (tertiary/aromatic N) is 1. The Morgan fingerprint density at radius 1 is 1.50 bits per heavy atom. The van der Waals surface area contributed by atoms with Gasteiger partial charge in [0.25, 0.3) is 0 Å². The lowest BCUT2D eigenvalue weighted by molar-refractivity contribution is 0.0496. The molecule has 5 heteroatoms. The van der Waals surface area contributed by atoms with Crippen LogP contribution in [0.4, 0.5) is 4.79 Å². The van der Waals surface area contributed by atoms with Gasteiger partial charge in [-0.05, 0) is 32.9 Å². The first kappa shape index (κ1) is 12.6. The minimum Gasteiger partial charge on any atom is -0.443 e. The van der Waals surface area contributed by atoms with Crippen LogP contribution in [0.2, 0.25) is 0 Å². The normalized spacial score (nSPS) is 11.2.